The molecule has 332 valence electrons. The quantitative estimate of drug-likeness (QED) is 0.201. The van der Waals surface area contributed by atoms with Crippen molar-refractivity contribution in [2.24, 2.45) is 33.7 Å². The summed E-state index contributed by atoms with van der Waals surface area (Å²) in [4.78, 5) is 52.9. The van der Waals surface area contributed by atoms with E-state index in [9.17, 15) is 34.8 Å². The van der Waals surface area contributed by atoms with Gasteiger partial charge < -0.3 is 49.6 Å². The number of anilines is 1. The number of rotatable bonds is 5. The molecular weight excluding hydrogens is 785 g/mol. The van der Waals surface area contributed by atoms with E-state index in [0.717, 1.165) is 32.5 Å². The topological polar surface area (TPSA) is 209 Å². The van der Waals surface area contributed by atoms with Crippen LogP contribution in [0, 0.1) is 30.6 Å². The first-order chi connectivity index (χ1) is 28.8. The maximum atomic E-state index is 14.7. The van der Waals surface area contributed by atoms with E-state index in [1.807, 2.05) is 0 Å². The van der Waals surface area contributed by atoms with E-state index in [-0.39, 0.29) is 49.7 Å². The smallest absolute Gasteiger partial charge is 0.312 e. The van der Waals surface area contributed by atoms with Crippen LogP contribution in [-0.2, 0) is 23.8 Å². The number of amides is 1. The van der Waals surface area contributed by atoms with E-state index in [2.05, 4.69) is 22.1 Å². The van der Waals surface area contributed by atoms with E-state index in [1.54, 1.807) is 65.8 Å². The molecule has 1 fully saturated rings. The lowest BCUT2D eigenvalue weighted by Gasteiger charge is -2.38. The average Bonchev–Trinajstić information content (AvgIpc) is 3.73. The van der Waals surface area contributed by atoms with Crippen LogP contribution in [0.25, 0.3) is 10.8 Å². The van der Waals surface area contributed by atoms with Gasteiger partial charge in [-0.3, -0.25) is 19.4 Å². The van der Waals surface area contributed by atoms with Crippen LogP contribution in [0.5, 0.6) is 17.2 Å². The van der Waals surface area contributed by atoms with Crippen LogP contribution in [0.4, 0.5) is 5.69 Å². The van der Waals surface area contributed by atoms with Gasteiger partial charge in [0.05, 0.1) is 41.2 Å². The Kier molecular flexibility index (Phi) is 13.4. The zero-order chi connectivity index (χ0) is 44.7. The van der Waals surface area contributed by atoms with E-state index in [1.165, 1.54) is 27.2 Å². The normalized spacial score (nSPS) is 32.6. The number of hydrogen-bond donors (Lipinski definition) is 5. The number of aromatic hydroxyl groups is 2. The molecule has 7 rings (SSSR count). The summed E-state index contributed by atoms with van der Waals surface area (Å²) in [5.74, 6) is -7.01. The first-order valence-corrected chi connectivity index (χ1v) is 21.4. The minimum absolute atomic E-state index is 0.0567. The molecular formula is C46H62N4O11. The molecule has 5 heterocycles. The molecule has 0 saturated carbocycles. The second kappa shape index (κ2) is 17.9. The zero-order valence-corrected chi connectivity index (χ0v) is 36.9. The maximum absolute atomic E-state index is 14.7. The third kappa shape index (κ3) is 8.54. The number of ether oxygens (including phenoxy) is 4. The molecule has 0 aliphatic carbocycles. The number of phenols is 2. The molecule has 0 radical (unpaired) electrons. The van der Waals surface area contributed by atoms with Gasteiger partial charge in [0.1, 0.15) is 34.0 Å². The molecule has 5 N–H and O–H groups in total. The van der Waals surface area contributed by atoms with Crippen molar-refractivity contribution in [3.63, 3.8) is 0 Å². The highest BCUT2D eigenvalue weighted by Crippen LogP contribution is 2.51. The molecule has 1 amide bonds. The van der Waals surface area contributed by atoms with Crippen molar-refractivity contribution in [1.29, 1.82) is 0 Å². The van der Waals surface area contributed by atoms with Crippen molar-refractivity contribution >= 4 is 34.1 Å². The van der Waals surface area contributed by atoms with Crippen molar-refractivity contribution in [2.45, 2.75) is 124 Å². The molecule has 1 spiro atoms. The fraction of sp³-hybridized carbons (Fsp3) is 0.587. The van der Waals surface area contributed by atoms with Gasteiger partial charge in [-0.15, -0.1) is 0 Å². The van der Waals surface area contributed by atoms with Gasteiger partial charge in [0.15, 0.2) is 5.75 Å². The van der Waals surface area contributed by atoms with Gasteiger partial charge in [0.25, 0.3) is 11.7 Å². The summed E-state index contributed by atoms with van der Waals surface area (Å²) < 4.78 is 24.0. The number of nitrogens with zero attached hydrogens (tertiary/aromatic N) is 3. The van der Waals surface area contributed by atoms with Crippen molar-refractivity contribution < 1.29 is 53.8 Å². The Bertz CT molecular complexity index is 2280. The van der Waals surface area contributed by atoms with E-state index in [4.69, 9.17) is 23.9 Å². The number of Topliss-reactive ketones (excluding diaryl/α,β-unsaturated/α-hetero) is 1. The second-order valence-corrected chi connectivity index (χ2v) is 17.5. The summed E-state index contributed by atoms with van der Waals surface area (Å²) in [6, 6.07) is 0. The summed E-state index contributed by atoms with van der Waals surface area (Å²) in [7, 11) is 1.47. The molecule has 0 aromatic heterocycles. The van der Waals surface area contributed by atoms with Crippen LogP contribution in [0.1, 0.15) is 97.0 Å². The zero-order valence-electron chi connectivity index (χ0n) is 36.9. The number of aliphatic hydroxyl groups is 2. The number of carbonyl (C=O) groups is 3. The van der Waals surface area contributed by atoms with Gasteiger partial charge >= 0.3 is 11.8 Å². The maximum Gasteiger partial charge on any atom is 0.312 e. The van der Waals surface area contributed by atoms with Crippen LogP contribution in [-0.4, -0.2) is 106 Å². The monoisotopic (exact) mass is 846 g/mol. The molecule has 5 bridgehead atoms. The van der Waals surface area contributed by atoms with Crippen molar-refractivity contribution in [3.8, 4) is 17.2 Å². The number of piperidine rings is 1. The number of benzene rings is 2. The largest absolute Gasteiger partial charge is 0.507 e. The molecule has 1 saturated heterocycles. The third-order valence-corrected chi connectivity index (χ3v) is 13.1. The molecule has 15 nitrogen and oxygen atoms in total. The number of unbranched alkanes of at least 4 members (excludes halogenated alkanes) is 1. The Morgan fingerprint density at radius 3 is 2.31 bits per heavy atom. The molecule has 2 aromatic carbocycles. The number of fused-ring (bicyclic) bond motifs is 13. The highest BCUT2D eigenvalue weighted by atomic mass is 16.7. The van der Waals surface area contributed by atoms with E-state index in [0.29, 0.717) is 18.5 Å². The van der Waals surface area contributed by atoms with E-state index >= 15 is 0 Å². The molecule has 9 unspecified atom stereocenters. The lowest BCUT2D eigenvalue weighted by atomic mass is 9.78. The molecule has 5 aliphatic rings. The molecule has 9 atom stereocenters. The van der Waals surface area contributed by atoms with Crippen LogP contribution in [0.2, 0.25) is 0 Å². The number of likely N-dealkylation sites (tertiary alicyclic amines) is 1. The fourth-order valence-corrected chi connectivity index (χ4v) is 9.14. The summed E-state index contributed by atoms with van der Waals surface area (Å²) in [5.41, 5.74) is -0.0907. The first-order valence-electron chi connectivity index (χ1n) is 21.4. The number of esters is 1. The molecule has 61 heavy (non-hydrogen) atoms. The van der Waals surface area contributed by atoms with Gasteiger partial charge in [-0.2, -0.15) is 0 Å². The number of nitrogens with one attached hydrogen (secondary N) is 1. The van der Waals surface area contributed by atoms with Crippen LogP contribution in [0.15, 0.2) is 46.1 Å². The summed E-state index contributed by atoms with van der Waals surface area (Å²) in [5, 5.41) is 50.6. The number of aliphatic hydroxyl groups excluding tert-OH is 2. The average molecular weight is 847 g/mol. The van der Waals surface area contributed by atoms with Crippen LogP contribution < -0.4 is 20.8 Å². The SMILES string of the molecule is CCCCN1CCC2(CC1)N=c1c(c3c4c5c(C)c(O)c3c(O)c1=NC(=O)/C(C)=C\C=C/C(C)C(O)C(C)C(O)C(C)C(OC(C)=O)C(C)C(OC)/C=C\OC(C)(O5)C4=O)N2. The minimum Gasteiger partial charge on any atom is -0.507 e. The van der Waals surface area contributed by atoms with Crippen LogP contribution in [0.3, 0.4) is 0 Å². The van der Waals surface area contributed by atoms with Gasteiger partial charge in [-0.05, 0) is 32.9 Å². The lowest BCUT2D eigenvalue weighted by molar-refractivity contribution is -0.160. The minimum atomic E-state index is -1.95. The number of allylic oxidation sites excluding steroid dienone is 2. The fourth-order valence-electron chi connectivity index (χ4n) is 9.14. The Labute approximate surface area is 356 Å². The molecule has 15 heteroatoms. The van der Waals surface area contributed by atoms with E-state index < -0.39 is 82.9 Å². The molecule has 2 aromatic rings. The predicted molar refractivity (Wildman–Crippen MR) is 228 cm³/mol. The number of ketones is 1. The Balaban J connectivity index is 1.55. The highest BCUT2D eigenvalue weighted by Gasteiger charge is 2.50. The van der Waals surface area contributed by atoms with Gasteiger partial charge in [0.2, 0.25) is 0 Å². The van der Waals surface area contributed by atoms with Gasteiger partial charge in [-0.1, -0.05) is 59.3 Å². The summed E-state index contributed by atoms with van der Waals surface area (Å²) in [6.45, 7) is 17.5. The Hall–Kier alpha value is -4.83. The first kappa shape index (κ1) is 45.7. The number of methoxy groups -OCH3 is 1. The third-order valence-electron chi connectivity index (χ3n) is 13.1. The number of hydrogen-bond acceptors (Lipinski definition) is 14. The Morgan fingerprint density at radius 2 is 1.67 bits per heavy atom. The highest BCUT2D eigenvalue weighted by molar-refractivity contribution is 6.21. The molecule has 5 aliphatic heterocycles. The Morgan fingerprint density at radius 1 is 0.984 bits per heavy atom. The standard InChI is InChI=1S/C46H62N4O11/c1-11-12-19-50-20-17-46(18-21-50)48-34-31-32-39(54)28(7)42-33(31)43(56)45(9,61-42)59-22-16-30(58-10)25(4)41(60-29(8)51)27(6)38(53)26(5)37(52)23(2)14-13-15-24(3)44(57)47-36(40(32)55)35(34)49-46/h13-16,22-23,25-27,30,37-38,41,48,52-55H,11-12,17-21H2,1-10H3/b14-13-,22-16-,24-15-,47-36?. The van der Waals surface area contributed by atoms with Gasteiger partial charge in [-0.25, -0.2) is 4.99 Å². The van der Waals surface area contributed by atoms with Gasteiger partial charge in [0, 0.05) is 87.1 Å². The van der Waals surface area contributed by atoms with Crippen molar-refractivity contribution in [1.82, 2.24) is 4.90 Å². The van der Waals surface area contributed by atoms with Crippen molar-refractivity contribution in [2.75, 3.05) is 32.1 Å². The predicted octanol–water partition coefficient (Wildman–Crippen LogP) is 4.89. The number of phenolic OH excluding ortho intramolecular Hbond substituents is 2. The summed E-state index contributed by atoms with van der Waals surface area (Å²) in [6.07, 6.45) is 7.24. The van der Waals surface area contributed by atoms with Crippen LogP contribution >= 0.6 is 0 Å². The summed E-state index contributed by atoms with van der Waals surface area (Å²) >= 11 is 0. The second-order valence-electron chi connectivity index (χ2n) is 17.5. The van der Waals surface area contributed by atoms with Crippen molar-refractivity contribution in [3.05, 3.63) is 58.0 Å². The lowest BCUT2D eigenvalue weighted by Crippen LogP contribution is -2.46. The number of carbonyl (C=O) groups excluding carboxylic acids is 3.